The van der Waals surface area contributed by atoms with Gasteiger partial charge in [0.05, 0.1) is 11.1 Å². The zero-order chi connectivity index (χ0) is 17.1. The van der Waals surface area contributed by atoms with Gasteiger partial charge in [0.15, 0.2) is 11.4 Å². The lowest BCUT2D eigenvalue weighted by atomic mass is 10.3. The number of halogens is 4. The van der Waals surface area contributed by atoms with Gasteiger partial charge in [-0.25, -0.2) is 4.79 Å². The van der Waals surface area contributed by atoms with E-state index in [1.54, 1.807) is 6.92 Å². The number of carbonyl (C=O) groups is 2. The van der Waals surface area contributed by atoms with E-state index < -0.39 is 33.9 Å². The number of allylic oxidation sites excluding steroid dienone is 1. The van der Waals surface area contributed by atoms with E-state index in [1.807, 2.05) is 0 Å². The molecule has 1 N–H and O–H groups in total. The Morgan fingerprint density at radius 3 is 2.50 bits per heavy atom. The summed E-state index contributed by atoms with van der Waals surface area (Å²) in [6.45, 7) is 3.18. The number of aromatic nitrogens is 2. The fourth-order valence-electron chi connectivity index (χ4n) is 1.59. The van der Waals surface area contributed by atoms with Crippen molar-refractivity contribution < 1.29 is 27.5 Å². The zero-order valence-electron chi connectivity index (χ0n) is 11.9. The van der Waals surface area contributed by atoms with Crippen LogP contribution in [0.5, 0.6) is 0 Å². The lowest BCUT2D eigenvalue weighted by Crippen LogP contribution is -2.23. The molecule has 122 valence electrons. The summed E-state index contributed by atoms with van der Waals surface area (Å²) in [4.78, 5) is 23.1. The number of carbonyl (C=O) groups excluding carboxylic acids is 2. The Morgan fingerprint density at radius 1 is 1.45 bits per heavy atom. The lowest BCUT2D eigenvalue weighted by molar-refractivity contribution is -0.144. The van der Waals surface area contributed by atoms with Crippen molar-refractivity contribution in [3.05, 3.63) is 27.6 Å². The van der Waals surface area contributed by atoms with Gasteiger partial charge in [0.1, 0.15) is 0 Å². The fourth-order valence-corrected chi connectivity index (χ4v) is 2.33. The van der Waals surface area contributed by atoms with Gasteiger partial charge in [-0.1, -0.05) is 0 Å². The van der Waals surface area contributed by atoms with Crippen LogP contribution >= 0.6 is 15.9 Å². The molecule has 1 heterocycles. The molecule has 0 spiro atoms. The van der Waals surface area contributed by atoms with Gasteiger partial charge in [0.2, 0.25) is 0 Å². The Hall–Kier alpha value is -1.84. The monoisotopic (exact) mass is 383 g/mol. The molecule has 1 amide bonds. The molecule has 1 aromatic rings. The fraction of sp³-hybridized carbons (Fsp3) is 0.417. The van der Waals surface area contributed by atoms with Crippen LogP contribution < -0.4 is 5.32 Å². The minimum absolute atomic E-state index is 0.120. The quantitative estimate of drug-likeness (QED) is 0.639. The van der Waals surface area contributed by atoms with Crippen LogP contribution in [-0.4, -0.2) is 28.3 Å². The summed E-state index contributed by atoms with van der Waals surface area (Å²) < 4.78 is 43.2. The molecule has 0 aliphatic rings. The molecule has 0 saturated heterocycles. The van der Waals surface area contributed by atoms with Crippen LogP contribution in [0.2, 0.25) is 0 Å². The third-order valence-corrected chi connectivity index (χ3v) is 3.16. The van der Waals surface area contributed by atoms with E-state index >= 15 is 0 Å². The number of hydrogen-bond donors (Lipinski definition) is 1. The van der Waals surface area contributed by atoms with E-state index in [1.165, 1.54) is 6.92 Å². The molecule has 6 nitrogen and oxygen atoms in total. The van der Waals surface area contributed by atoms with Crippen LogP contribution in [0.1, 0.15) is 30.0 Å². The van der Waals surface area contributed by atoms with Gasteiger partial charge >= 0.3 is 12.1 Å². The summed E-state index contributed by atoms with van der Waals surface area (Å²) in [5, 5.41) is 5.81. The maximum atomic E-state index is 12.8. The summed E-state index contributed by atoms with van der Waals surface area (Å²) >= 11 is 2.73. The molecule has 0 atom stereocenters. The highest BCUT2D eigenvalue weighted by Gasteiger charge is 2.39. The predicted molar refractivity (Wildman–Crippen MR) is 73.8 cm³/mol. The predicted octanol–water partition coefficient (Wildman–Crippen LogP) is 2.40. The Balaban J connectivity index is 2.99. The molecular weight excluding hydrogens is 371 g/mol. The van der Waals surface area contributed by atoms with E-state index in [0.717, 1.165) is 13.1 Å². The Morgan fingerprint density at radius 2 is 2.05 bits per heavy atom. The number of aryl methyl sites for hydroxylation is 1. The van der Waals surface area contributed by atoms with Crippen LogP contribution in [0.15, 0.2) is 16.2 Å². The minimum Gasteiger partial charge on any atom is -0.463 e. The molecule has 22 heavy (non-hydrogen) atoms. The SMILES string of the molecule is CCOC(=O)/C=C(\C)NC(=O)c1nn(C)c(C(F)(F)F)c1Br. The first-order chi connectivity index (χ1) is 10.1. The van der Waals surface area contributed by atoms with Gasteiger partial charge in [-0.2, -0.15) is 18.3 Å². The zero-order valence-corrected chi connectivity index (χ0v) is 13.5. The molecule has 10 heteroatoms. The maximum Gasteiger partial charge on any atom is 0.434 e. The average Bonchev–Trinajstić information content (AvgIpc) is 2.63. The van der Waals surface area contributed by atoms with Gasteiger partial charge in [-0.05, 0) is 29.8 Å². The third-order valence-electron chi connectivity index (χ3n) is 2.40. The van der Waals surface area contributed by atoms with E-state index in [0.29, 0.717) is 4.68 Å². The van der Waals surface area contributed by atoms with Crippen molar-refractivity contribution in [3.63, 3.8) is 0 Å². The second kappa shape index (κ2) is 6.95. The second-order valence-electron chi connectivity index (χ2n) is 4.17. The smallest absolute Gasteiger partial charge is 0.434 e. The Kier molecular flexibility index (Phi) is 5.75. The summed E-state index contributed by atoms with van der Waals surface area (Å²) in [5.74, 6) is -1.55. The first-order valence-electron chi connectivity index (χ1n) is 6.04. The number of nitrogens with zero attached hydrogens (tertiary/aromatic N) is 2. The number of esters is 1. The summed E-state index contributed by atoms with van der Waals surface area (Å²) in [6, 6.07) is 0. The second-order valence-corrected chi connectivity index (χ2v) is 4.96. The number of hydrogen-bond acceptors (Lipinski definition) is 4. The van der Waals surface area contributed by atoms with E-state index in [9.17, 15) is 22.8 Å². The number of rotatable bonds is 4. The summed E-state index contributed by atoms with van der Waals surface area (Å²) in [6.07, 6.45) is -3.64. The van der Waals surface area contributed by atoms with Crippen molar-refractivity contribution in [2.75, 3.05) is 6.61 Å². The van der Waals surface area contributed by atoms with Crippen molar-refractivity contribution in [1.29, 1.82) is 0 Å². The van der Waals surface area contributed by atoms with Crippen LogP contribution in [-0.2, 0) is 22.8 Å². The van der Waals surface area contributed by atoms with Gasteiger partial charge in [0.25, 0.3) is 5.91 Å². The van der Waals surface area contributed by atoms with Crippen molar-refractivity contribution in [2.45, 2.75) is 20.0 Å². The minimum atomic E-state index is -4.66. The van der Waals surface area contributed by atoms with Crippen LogP contribution in [0.4, 0.5) is 13.2 Å². The summed E-state index contributed by atoms with van der Waals surface area (Å²) in [5.41, 5.74) is -1.40. The molecule has 0 radical (unpaired) electrons. The Labute approximate surface area is 132 Å². The highest BCUT2D eigenvalue weighted by atomic mass is 79.9. The lowest BCUT2D eigenvalue weighted by Gasteiger charge is -2.06. The van der Waals surface area contributed by atoms with E-state index in [2.05, 4.69) is 31.1 Å². The topological polar surface area (TPSA) is 73.2 Å². The number of amides is 1. The molecule has 0 unspecified atom stereocenters. The van der Waals surface area contributed by atoms with Crippen molar-refractivity contribution in [1.82, 2.24) is 15.1 Å². The van der Waals surface area contributed by atoms with Crippen molar-refractivity contribution in [2.24, 2.45) is 7.05 Å². The van der Waals surface area contributed by atoms with Gasteiger partial charge < -0.3 is 10.1 Å². The van der Waals surface area contributed by atoms with Crippen LogP contribution in [0.3, 0.4) is 0 Å². The molecule has 1 rings (SSSR count). The third kappa shape index (κ3) is 4.33. The molecule has 0 aliphatic carbocycles. The first kappa shape index (κ1) is 18.2. The molecule has 0 saturated carbocycles. The van der Waals surface area contributed by atoms with E-state index in [-0.39, 0.29) is 12.3 Å². The molecular formula is C12H13BrF3N3O3. The van der Waals surface area contributed by atoms with E-state index in [4.69, 9.17) is 0 Å². The first-order valence-corrected chi connectivity index (χ1v) is 6.83. The number of nitrogens with one attached hydrogen (secondary N) is 1. The highest BCUT2D eigenvalue weighted by molar-refractivity contribution is 9.10. The number of ether oxygens (including phenoxy) is 1. The van der Waals surface area contributed by atoms with Gasteiger partial charge in [-0.15, -0.1) is 0 Å². The number of alkyl halides is 3. The van der Waals surface area contributed by atoms with Gasteiger partial charge in [-0.3, -0.25) is 9.48 Å². The Bertz CT molecular complexity index is 623. The van der Waals surface area contributed by atoms with Gasteiger partial charge in [0, 0.05) is 18.8 Å². The summed E-state index contributed by atoms with van der Waals surface area (Å²) in [7, 11) is 1.08. The highest BCUT2D eigenvalue weighted by Crippen LogP contribution is 2.36. The molecule has 0 bridgehead atoms. The van der Waals surface area contributed by atoms with Crippen molar-refractivity contribution >= 4 is 27.8 Å². The molecule has 1 aromatic heterocycles. The molecule has 0 aromatic carbocycles. The molecule has 0 aliphatic heterocycles. The van der Waals surface area contributed by atoms with Crippen molar-refractivity contribution in [3.8, 4) is 0 Å². The van der Waals surface area contributed by atoms with Crippen LogP contribution in [0, 0.1) is 0 Å². The average molecular weight is 384 g/mol. The standard InChI is InChI=1S/C12H13BrF3N3O3/c1-4-22-7(20)5-6(2)17-11(21)9-8(13)10(12(14,15)16)19(3)18-9/h5H,4H2,1-3H3,(H,17,21)/b6-5+. The maximum absolute atomic E-state index is 12.8. The largest absolute Gasteiger partial charge is 0.463 e. The normalized spacial score (nSPS) is 12.2. The van der Waals surface area contributed by atoms with Crippen LogP contribution in [0.25, 0.3) is 0 Å². The molecule has 0 fully saturated rings.